The van der Waals surface area contributed by atoms with Gasteiger partial charge in [0.05, 0.1) is 24.2 Å². The van der Waals surface area contributed by atoms with Crippen LogP contribution in [0.3, 0.4) is 0 Å². The number of rotatable bonds is 5. The van der Waals surface area contributed by atoms with E-state index in [-0.39, 0.29) is 17.5 Å². The topological polar surface area (TPSA) is 99.7 Å². The Labute approximate surface area is 104 Å². The lowest BCUT2D eigenvalue weighted by atomic mass is 10.2. The lowest BCUT2D eigenvalue weighted by molar-refractivity contribution is -0.384. The van der Waals surface area contributed by atoms with Gasteiger partial charge in [-0.1, -0.05) is 6.07 Å². The molecule has 3 N–H and O–H groups in total. The number of nitrogens with zero attached hydrogens (tertiary/aromatic N) is 1. The highest BCUT2D eigenvalue weighted by Crippen LogP contribution is 2.25. The molecule has 0 saturated carbocycles. The molecule has 0 bridgehead atoms. The van der Waals surface area contributed by atoms with Crippen LogP contribution < -0.4 is 11.3 Å². The fourth-order valence-corrected chi connectivity index (χ4v) is 1.80. The van der Waals surface area contributed by atoms with E-state index in [2.05, 4.69) is 5.43 Å². The number of nitrogens with one attached hydrogen (secondary N) is 1. The summed E-state index contributed by atoms with van der Waals surface area (Å²) in [7, 11) is 0. The number of hydrogen-bond donors (Lipinski definition) is 2. The van der Waals surface area contributed by atoms with Crippen molar-refractivity contribution in [1.82, 2.24) is 0 Å². The molecular weight excluding hydrogens is 238 g/mol. The van der Waals surface area contributed by atoms with Crippen LogP contribution in [-0.4, -0.2) is 24.2 Å². The first-order chi connectivity index (χ1) is 8.70. The Balaban J connectivity index is 2.04. The first kappa shape index (κ1) is 12.7. The van der Waals surface area contributed by atoms with Gasteiger partial charge in [-0.25, -0.2) is 0 Å². The molecule has 1 aromatic carbocycles. The predicted octanol–water partition coefficient (Wildman–Crippen LogP) is 1.19. The minimum absolute atomic E-state index is 0.0544. The van der Waals surface area contributed by atoms with Crippen LogP contribution >= 0.6 is 0 Å². The molecule has 0 radical (unpaired) electrons. The zero-order valence-corrected chi connectivity index (χ0v) is 9.80. The standard InChI is InChI=1S/C11H15N3O4/c12-13-10-2-1-8(5-11(10)14(15)16)6-18-9-3-4-17-7-9/h1-2,5,9,13H,3-4,6-7,12H2. The minimum Gasteiger partial charge on any atom is -0.379 e. The fourth-order valence-electron chi connectivity index (χ4n) is 1.80. The third kappa shape index (κ3) is 2.95. The van der Waals surface area contributed by atoms with E-state index < -0.39 is 4.92 Å². The summed E-state index contributed by atoms with van der Waals surface area (Å²) in [5.74, 6) is 5.21. The maximum Gasteiger partial charge on any atom is 0.294 e. The Morgan fingerprint density at radius 3 is 3.06 bits per heavy atom. The summed E-state index contributed by atoms with van der Waals surface area (Å²) in [6.07, 6.45) is 0.946. The molecule has 1 atom stereocenters. The van der Waals surface area contributed by atoms with Gasteiger partial charge in [0.1, 0.15) is 5.69 Å². The summed E-state index contributed by atoms with van der Waals surface area (Å²) in [6, 6.07) is 4.78. The second kappa shape index (κ2) is 5.76. The second-order valence-corrected chi connectivity index (χ2v) is 4.05. The Hall–Kier alpha value is -1.70. The monoisotopic (exact) mass is 253 g/mol. The van der Waals surface area contributed by atoms with Crippen LogP contribution in [-0.2, 0) is 16.1 Å². The number of hydrogen-bond acceptors (Lipinski definition) is 6. The Morgan fingerprint density at radius 1 is 1.61 bits per heavy atom. The summed E-state index contributed by atoms with van der Waals surface area (Å²) in [4.78, 5) is 10.4. The van der Waals surface area contributed by atoms with E-state index in [9.17, 15) is 10.1 Å². The van der Waals surface area contributed by atoms with Crippen molar-refractivity contribution in [2.75, 3.05) is 18.6 Å². The van der Waals surface area contributed by atoms with E-state index in [0.717, 1.165) is 12.0 Å². The summed E-state index contributed by atoms with van der Waals surface area (Å²) in [5, 5.41) is 10.8. The van der Waals surface area contributed by atoms with Gasteiger partial charge in [0, 0.05) is 12.7 Å². The highest BCUT2D eigenvalue weighted by atomic mass is 16.6. The van der Waals surface area contributed by atoms with Crippen molar-refractivity contribution < 1.29 is 14.4 Å². The van der Waals surface area contributed by atoms with E-state index in [4.69, 9.17) is 15.3 Å². The summed E-state index contributed by atoms with van der Waals surface area (Å²) < 4.78 is 10.8. The molecule has 7 nitrogen and oxygen atoms in total. The van der Waals surface area contributed by atoms with Crippen molar-refractivity contribution in [3.05, 3.63) is 33.9 Å². The number of nitrogen functional groups attached to an aromatic ring is 1. The smallest absolute Gasteiger partial charge is 0.294 e. The third-order valence-electron chi connectivity index (χ3n) is 2.79. The molecule has 0 spiro atoms. The number of nitrogens with two attached hydrogens (primary N) is 1. The van der Waals surface area contributed by atoms with Crippen LogP contribution in [0.25, 0.3) is 0 Å². The minimum atomic E-state index is -0.475. The molecule has 1 unspecified atom stereocenters. The Kier molecular flexibility index (Phi) is 4.08. The molecule has 7 heteroatoms. The zero-order valence-electron chi connectivity index (χ0n) is 9.80. The second-order valence-electron chi connectivity index (χ2n) is 4.05. The van der Waals surface area contributed by atoms with Crippen molar-refractivity contribution in [2.24, 2.45) is 5.84 Å². The molecule has 0 amide bonds. The zero-order chi connectivity index (χ0) is 13.0. The van der Waals surface area contributed by atoms with Crippen LogP contribution in [0.15, 0.2) is 18.2 Å². The SMILES string of the molecule is NNc1ccc(COC2CCOC2)cc1[N+](=O)[O-]. The Morgan fingerprint density at radius 2 is 2.44 bits per heavy atom. The van der Waals surface area contributed by atoms with Gasteiger partial charge in [-0.15, -0.1) is 0 Å². The first-order valence-electron chi connectivity index (χ1n) is 5.64. The van der Waals surface area contributed by atoms with E-state index in [1.54, 1.807) is 12.1 Å². The van der Waals surface area contributed by atoms with Gasteiger partial charge in [0.2, 0.25) is 0 Å². The van der Waals surface area contributed by atoms with Crippen molar-refractivity contribution in [3.8, 4) is 0 Å². The van der Waals surface area contributed by atoms with Gasteiger partial charge < -0.3 is 14.9 Å². The average Bonchev–Trinajstić information content (AvgIpc) is 2.89. The van der Waals surface area contributed by atoms with Crippen LogP contribution in [0.1, 0.15) is 12.0 Å². The molecule has 0 aromatic heterocycles. The lowest BCUT2D eigenvalue weighted by Crippen LogP contribution is -2.12. The molecule has 1 heterocycles. The third-order valence-corrected chi connectivity index (χ3v) is 2.79. The Bertz CT molecular complexity index is 432. The number of benzene rings is 1. The largest absolute Gasteiger partial charge is 0.379 e. The highest BCUT2D eigenvalue weighted by molar-refractivity contribution is 5.61. The first-order valence-corrected chi connectivity index (χ1v) is 5.64. The van der Waals surface area contributed by atoms with Gasteiger partial charge >= 0.3 is 0 Å². The maximum atomic E-state index is 10.8. The number of nitro groups is 1. The van der Waals surface area contributed by atoms with Crippen molar-refractivity contribution in [3.63, 3.8) is 0 Å². The predicted molar refractivity (Wildman–Crippen MR) is 64.9 cm³/mol. The van der Waals surface area contributed by atoms with Crippen molar-refractivity contribution in [1.29, 1.82) is 0 Å². The molecule has 18 heavy (non-hydrogen) atoms. The lowest BCUT2D eigenvalue weighted by Gasteiger charge is -2.10. The van der Waals surface area contributed by atoms with Crippen LogP contribution in [0.2, 0.25) is 0 Å². The van der Waals surface area contributed by atoms with Gasteiger partial charge in [-0.05, 0) is 18.1 Å². The van der Waals surface area contributed by atoms with Crippen LogP contribution in [0.5, 0.6) is 0 Å². The summed E-state index contributed by atoms with van der Waals surface area (Å²) in [5.41, 5.74) is 3.27. The number of nitro benzene ring substituents is 1. The molecule has 1 aliphatic heterocycles. The van der Waals surface area contributed by atoms with Gasteiger partial charge in [-0.3, -0.25) is 16.0 Å². The van der Waals surface area contributed by atoms with E-state index in [0.29, 0.717) is 19.8 Å². The summed E-state index contributed by atoms with van der Waals surface area (Å²) in [6.45, 7) is 1.63. The molecule has 1 aromatic rings. The molecule has 1 saturated heterocycles. The fraction of sp³-hybridized carbons (Fsp3) is 0.455. The molecule has 98 valence electrons. The maximum absolute atomic E-state index is 10.8. The van der Waals surface area contributed by atoms with Gasteiger partial charge in [-0.2, -0.15) is 0 Å². The quantitative estimate of drug-likeness (QED) is 0.464. The van der Waals surface area contributed by atoms with Gasteiger partial charge in [0.25, 0.3) is 5.69 Å². The molecule has 1 aliphatic rings. The molecule has 2 rings (SSSR count). The molecular formula is C11H15N3O4. The number of anilines is 1. The van der Waals surface area contributed by atoms with E-state index in [1.807, 2.05) is 0 Å². The van der Waals surface area contributed by atoms with E-state index >= 15 is 0 Å². The molecule has 0 aliphatic carbocycles. The normalized spacial score (nSPS) is 18.8. The average molecular weight is 253 g/mol. The van der Waals surface area contributed by atoms with Crippen LogP contribution in [0, 0.1) is 10.1 Å². The van der Waals surface area contributed by atoms with Crippen LogP contribution in [0.4, 0.5) is 11.4 Å². The number of ether oxygens (including phenoxy) is 2. The van der Waals surface area contributed by atoms with Crippen molar-refractivity contribution >= 4 is 11.4 Å². The highest BCUT2D eigenvalue weighted by Gasteiger charge is 2.17. The van der Waals surface area contributed by atoms with Crippen molar-refractivity contribution in [2.45, 2.75) is 19.1 Å². The number of hydrazine groups is 1. The van der Waals surface area contributed by atoms with Gasteiger partial charge in [0.15, 0.2) is 0 Å². The summed E-state index contributed by atoms with van der Waals surface area (Å²) >= 11 is 0. The van der Waals surface area contributed by atoms with E-state index in [1.165, 1.54) is 6.07 Å². The molecule has 1 fully saturated rings.